The topological polar surface area (TPSA) is 144 Å². The highest BCUT2D eigenvalue weighted by atomic mass is 16.6. The Morgan fingerprint density at radius 1 is 0.920 bits per heavy atom. The van der Waals surface area contributed by atoms with E-state index in [2.05, 4.69) is 0 Å². The van der Waals surface area contributed by atoms with E-state index in [1.54, 1.807) is 42.5 Å². The molecular weight excluding hydrogens is 328 g/mol. The number of hydrogen-bond donors (Lipinski definition) is 3. The Morgan fingerprint density at radius 2 is 1.36 bits per heavy atom. The van der Waals surface area contributed by atoms with Gasteiger partial charge in [0, 0.05) is 17.9 Å². The van der Waals surface area contributed by atoms with Crippen molar-refractivity contribution in [2.24, 2.45) is 5.73 Å². The van der Waals surface area contributed by atoms with E-state index < -0.39 is 16.9 Å². The molecule has 132 valence electrons. The van der Waals surface area contributed by atoms with E-state index in [1.165, 1.54) is 6.07 Å². The first kappa shape index (κ1) is 19.8. The Hall–Kier alpha value is -3.26. The first-order valence-corrected chi connectivity index (χ1v) is 7.31. The fourth-order valence-corrected chi connectivity index (χ4v) is 2.07. The molecule has 2 rings (SSSR count). The van der Waals surface area contributed by atoms with Gasteiger partial charge in [-0.1, -0.05) is 36.4 Å². The number of nitrogens with two attached hydrogens (primary N) is 1. The van der Waals surface area contributed by atoms with E-state index in [-0.39, 0.29) is 30.6 Å². The minimum absolute atomic E-state index is 0.134. The average Bonchev–Trinajstić information content (AvgIpc) is 2.60. The van der Waals surface area contributed by atoms with Crippen molar-refractivity contribution in [1.82, 2.24) is 0 Å². The molecule has 0 saturated carbocycles. The summed E-state index contributed by atoms with van der Waals surface area (Å²) in [6.45, 7) is 0.0206. The van der Waals surface area contributed by atoms with Gasteiger partial charge in [0.25, 0.3) is 0 Å². The molecule has 0 spiro atoms. The summed E-state index contributed by atoms with van der Waals surface area (Å²) in [5.41, 5.74) is 6.91. The molecule has 0 heterocycles. The van der Waals surface area contributed by atoms with Crippen LogP contribution in [0.3, 0.4) is 0 Å². The minimum atomic E-state index is -1.05. The number of aromatic carboxylic acids is 2. The van der Waals surface area contributed by atoms with Gasteiger partial charge in [0.15, 0.2) is 0 Å². The Kier molecular flexibility index (Phi) is 7.74. The van der Waals surface area contributed by atoms with E-state index in [4.69, 9.17) is 15.9 Å². The summed E-state index contributed by atoms with van der Waals surface area (Å²) < 4.78 is 0. The molecule has 0 saturated heterocycles. The molecule has 0 radical (unpaired) electrons. The van der Waals surface area contributed by atoms with Gasteiger partial charge >= 0.3 is 11.9 Å². The molecule has 4 N–H and O–H groups in total. The lowest BCUT2D eigenvalue weighted by atomic mass is 10.1. The molecule has 2 aromatic carbocycles. The van der Waals surface area contributed by atoms with Gasteiger partial charge in [0.05, 0.1) is 11.1 Å². The number of benzene rings is 2. The summed E-state index contributed by atoms with van der Waals surface area (Å²) in [6.07, 6.45) is 0.148. The van der Waals surface area contributed by atoms with Crippen LogP contribution in [-0.2, 0) is 13.0 Å². The Morgan fingerprint density at radius 3 is 1.76 bits per heavy atom. The summed E-state index contributed by atoms with van der Waals surface area (Å²) in [6, 6.07) is 13.0. The van der Waals surface area contributed by atoms with Crippen LogP contribution in [-0.4, -0.2) is 33.6 Å². The molecule has 0 atom stereocenters. The second-order valence-corrected chi connectivity index (χ2v) is 4.94. The zero-order valence-corrected chi connectivity index (χ0v) is 13.3. The molecule has 0 amide bonds. The van der Waals surface area contributed by atoms with Gasteiger partial charge in [0.1, 0.15) is 0 Å². The molecule has 0 bridgehead atoms. The van der Waals surface area contributed by atoms with Crippen LogP contribution in [0.25, 0.3) is 0 Å². The lowest BCUT2D eigenvalue weighted by Gasteiger charge is -2.01. The van der Waals surface area contributed by atoms with Crippen LogP contribution in [0.15, 0.2) is 48.5 Å². The van der Waals surface area contributed by atoms with Gasteiger partial charge in [-0.3, -0.25) is 10.1 Å². The third-order valence-corrected chi connectivity index (χ3v) is 3.28. The monoisotopic (exact) mass is 346 g/mol. The van der Waals surface area contributed by atoms with Gasteiger partial charge in [0.2, 0.25) is 6.54 Å². The quantitative estimate of drug-likeness (QED) is 0.536. The smallest absolute Gasteiger partial charge is 0.336 e. The van der Waals surface area contributed by atoms with Crippen LogP contribution in [0, 0.1) is 10.1 Å². The maximum absolute atomic E-state index is 10.7. The summed E-state index contributed by atoms with van der Waals surface area (Å²) in [7, 11) is 0. The van der Waals surface area contributed by atoms with Gasteiger partial charge in [-0.25, -0.2) is 9.59 Å². The van der Waals surface area contributed by atoms with Crippen molar-refractivity contribution in [2.45, 2.75) is 13.0 Å². The van der Waals surface area contributed by atoms with E-state index in [9.17, 15) is 19.7 Å². The average molecular weight is 346 g/mol. The molecule has 0 aliphatic carbocycles. The third kappa shape index (κ3) is 6.40. The zero-order chi connectivity index (χ0) is 18.8. The first-order valence-electron chi connectivity index (χ1n) is 7.31. The molecule has 0 aliphatic heterocycles. The number of nitro groups is 1. The van der Waals surface area contributed by atoms with Crippen molar-refractivity contribution in [3.05, 3.63) is 80.9 Å². The fourth-order valence-electron chi connectivity index (χ4n) is 2.07. The van der Waals surface area contributed by atoms with Crippen LogP contribution in [0.1, 0.15) is 31.8 Å². The molecule has 2 aromatic rings. The summed E-state index contributed by atoms with van der Waals surface area (Å²) >= 11 is 0. The molecule has 0 aliphatic rings. The second kappa shape index (κ2) is 9.78. The second-order valence-electron chi connectivity index (χ2n) is 4.94. The van der Waals surface area contributed by atoms with E-state index in [0.29, 0.717) is 11.1 Å². The van der Waals surface area contributed by atoms with Crippen molar-refractivity contribution in [2.75, 3.05) is 6.54 Å². The SMILES string of the molecule is NCc1ccccc1C(=O)O.O=C(O)c1ccccc1CC[N+](=O)[O-]. The van der Waals surface area contributed by atoms with Crippen molar-refractivity contribution in [3.63, 3.8) is 0 Å². The number of nitrogens with zero attached hydrogens (tertiary/aromatic N) is 1. The molecular formula is C17H18N2O6. The number of carbonyl (C=O) groups is 2. The number of rotatable bonds is 6. The van der Waals surface area contributed by atoms with Crippen LogP contribution in [0.4, 0.5) is 0 Å². The van der Waals surface area contributed by atoms with Crippen LogP contribution >= 0.6 is 0 Å². The maximum Gasteiger partial charge on any atom is 0.336 e. The summed E-state index contributed by atoms with van der Waals surface area (Å²) in [4.78, 5) is 30.9. The Labute approximate surface area is 143 Å². The first-order chi connectivity index (χ1) is 11.9. The van der Waals surface area contributed by atoms with Crippen molar-refractivity contribution < 1.29 is 24.7 Å². The van der Waals surface area contributed by atoms with E-state index in [0.717, 1.165) is 0 Å². The van der Waals surface area contributed by atoms with Gasteiger partial charge in [-0.15, -0.1) is 0 Å². The maximum atomic E-state index is 10.7. The number of hydrogen-bond acceptors (Lipinski definition) is 5. The fraction of sp³-hybridized carbons (Fsp3) is 0.176. The zero-order valence-electron chi connectivity index (χ0n) is 13.3. The van der Waals surface area contributed by atoms with Crippen LogP contribution < -0.4 is 5.73 Å². The minimum Gasteiger partial charge on any atom is -0.478 e. The van der Waals surface area contributed by atoms with Gasteiger partial charge in [-0.2, -0.15) is 0 Å². The molecule has 0 unspecified atom stereocenters. The number of carboxylic acids is 2. The highest BCUT2D eigenvalue weighted by molar-refractivity contribution is 5.89. The molecule has 8 nitrogen and oxygen atoms in total. The summed E-state index contributed by atoms with van der Waals surface area (Å²) in [5, 5.41) is 27.5. The lowest BCUT2D eigenvalue weighted by molar-refractivity contribution is -0.479. The van der Waals surface area contributed by atoms with Crippen molar-refractivity contribution in [3.8, 4) is 0 Å². The predicted molar refractivity (Wildman–Crippen MR) is 90.3 cm³/mol. The van der Waals surface area contributed by atoms with Crippen molar-refractivity contribution >= 4 is 11.9 Å². The van der Waals surface area contributed by atoms with Crippen LogP contribution in [0.2, 0.25) is 0 Å². The van der Waals surface area contributed by atoms with Crippen molar-refractivity contribution in [1.29, 1.82) is 0 Å². The predicted octanol–water partition coefficient (Wildman–Crippen LogP) is 2.05. The Bertz CT molecular complexity index is 760. The molecule has 25 heavy (non-hydrogen) atoms. The standard InChI is InChI=1S/C9H9NO4.C8H9NO2/c11-9(12)8-4-2-1-3-7(8)5-6-10(13)14;9-5-6-3-1-2-4-7(6)8(10)11/h1-4H,5-6H2,(H,11,12);1-4H,5,9H2,(H,10,11). The van der Waals surface area contributed by atoms with E-state index >= 15 is 0 Å². The Balaban J connectivity index is 0.000000257. The highest BCUT2D eigenvalue weighted by Gasteiger charge is 2.10. The van der Waals surface area contributed by atoms with Gasteiger partial charge in [-0.05, 0) is 23.3 Å². The molecule has 8 heteroatoms. The normalized spacial score (nSPS) is 9.64. The molecule has 0 fully saturated rings. The third-order valence-electron chi connectivity index (χ3n) is 3.28. The highest BCUT2D eigenvalue weighted by Crippen LogP contribution is 2.09. The van der Waals surface area contributed by atoms with E-state index in [1.807, 2.05) is 0 Å². The van der Waals surface area contributed by atoms with Gasteiger partial charge < -0.3 is 15.9 Å². The van der Waals surface area contributed by atoms with Crippen LogP contribution in [0.5, 0.6) is 0 Å². The summed E-state index contributed by atoms with van der Waals surface area (Å²) in [5.74, 6) is -1.98. The largest absolute Gasteiger partial charge is 0.478 e. The number of carboxylic acid groups (broad SMARTS) is 2. The molecule has 0 aromatic heterocycles. The lowest BCUT2D eigenvalue weighted by Crippen LogP contribution is -2.08.